The van der Waals surface area contributed by atoms with Crippen molar-refractivity contribution >= 4 is 12.1 Å². The minimum absolute atomic E-state index is 0.0472. The maximum atomic E-state index is 13.1. The van der Waals surface area contributed by atoms with Gasteiger partial charge in [0.15, 0.2) is 6.10 Å². The maximum Gasteiger partial charge on any atom is 0.410 e. The zero-order valence-corrected chi connectivity index (χ0v) is 22.0. The fraction of sp³-hybridized carbons (Fsp3) is 0.517. The quantitative estimate of drug-likeness (QED) is 0.304. The summed E-state index contributed by atoms with van der Waals surface area (Å²) in [6, 6.07) is 13.0. The molecule has 0 radical (unpaired) electrons. The summed E-state index contributed by atoms with van der Waals surface area (Å²) in [6.07, 6.45) is 4.66. The number of carboxylic acids is 1. The van der Waals surface area contributed by atoms with E-state index >= 15 is 0 Å². The molecule has 1 fully saturated rings. The molecule has 2 aromatic carbocycles. The molecule has 1 aliphatic rings. The Morgan fingerprint density at radius 3 is 2.21 bits per heavy atom. The summed E-state index contributed by atoms with van der Waals surface area (Å²) >= 11 is 0. The lowest BCUT2D eigenvalue weighted by molar-refractivity contribution is -0.149. The first-order valence-electron chi connectivity index (χ1n) is 13.3. The summed E-state index contributed by atoms with van der Waals surface area (Å²) in [4.78, 5) is 25.9. The Balaban J connectivity index is 1.49. The predicted molar refractivity (Wildman–Crippen MR) is 140 cm³/mol. The number of carboxylic acid groups (broad SMARTS) is 1. The maximum absolute atomic E-state index is 13.1. The average Bonchev–Trinajstić information content (AvgIpc) is 2.92. The van der Waals surface area contributed by atoms with E-state index in [0.29, 0.717) is 44.2 Å². The molecule has 0 bridgehead atoms. The Kier molecular flexibility index (Phi) is 12.2. The fourth-order valence-electron chi connectivity index (χ4n) is 4.30. The summed E-state index contributed by atoms with van der Waals surface area (Å²) in [5.74, 6) is -0.114. The van der Waals surface area contributed by atoms with Gasteiger partial charge in [0.05, 0.1) is 13.2 Å². The van der Waals surface area contributed by atoms with Crippen molar-refractivity contribution in [1.29, 1.82) is 0 Å². The molecule has 1 unspecified atom stereocenters. The van der Waals surface area contributed by atoms with Crippen LogP contribution in [0, 0.1) is 5.82 Å². The SMILES string of the molecule is CCOC(Cc1ccc(OCCN(CCCOc2ccc(F)cc2)C(=O)OC2CCCCC2)cc1)C(=O)O. The number of ether oxygens (including phenoxy) is 4. The predicted octanol–water partition coefficient (Wildman–Crippen LogP) is 5.48. The Morgan fingerprint density at radius 2 is 1.58 bits per heavy atom. The highest BCUT2D eigenvalue weighted by Gasteiger charge is 2.22. The number of amides is 1. The van der Waals surface area contributed by atoms with Crippen LogP contribution in [0.3, 0.4) is 0 Å². The first-order valence-corrected chi connectivity index (χ1v) is 13.3. The molecule has 0 aliphatic heterocycles. The van der Waals surface area contributed by atoms with Gasteiger partial charge < -0.3 is 29.0 Å². The average molecular weight is 532 g/mol. The van der Waals surface area contributed by atoms with Crippen molar-refractivity contribution < 1.29 is 38.0 Å². The van der Waals surface area contributed by atoms with Crippen molar-refractivity contribution in [2.75, 3.05) is 32.9 Å². The lowest BCUT2D eigenvalue weighted by atomic mass is 9.98. The van der Waals surface area contributed by atoms with Crippen LogP contribution in [0.2, 0.25) is 0 Å². The Labute approximate surface area is 223 Å². The first kappa shape index (κ1) is 29.2. The number of halogens is 1. The second-order valence-corrected chi connectivity index (χ2v) is 9.27. The summed E-state index contributed by atoms with van der Waals surface area (Å²) < 4.78 is 35.6. The zero-order chi connectivity index (χ0) is 27.2. The van der Waals surface area contributed by atoms with E-state index < -0.39 is 12.1 Å². The molecule has 3 rings (SSSR count). The van der Waals surface area contributed by atoms with Crippen LogP contribution in [-0.4, -0.2) is 67.2 Å². The van der Waals surface area contributed by atoms with Gasteiger partial charge in [0.2, 0.25) is 0 Å². The number of aliphatic carboxylic acids is 1. The van der Waals surface area contributed by atoms with Gasteiger partial charge in [0.25, 0.3) is 0 Å². The van der Waals surface area contributed by atoms with E-state index in [1.807, 2.05) is 12.1 Å². The second-order valence-electron chi connectivity index (χ2n) is 9.27. The monoisotopic (exact) mass is 531 g/mol. The highest BCUT2D eigenvalue weighted by Crippen LogP contribution is 2.21. The topological polar surface area (TPSA) is 94.5 Å². The molecule has 1 amide bonds. The van der Waals surface area contributed by atoms with Crippen LogP contribution in [-0.2, 0) is 20.7 Å². The van der Waals surface area contributed by atoms with Crippen LogP contribution in [0.1, 0.15) is 51.0 Å². The lowest BCUT2D eigenvalue weighted by Crippen LogP contribution is -2.38. The molecule has 1 atom stereocenters. The first-order chi connectivity index (χ1) is 18.4. The van der Waals surface area contributed by atoms with E-state index in [-0.39, 0.29) is 31.0 Å². The molecule has 0 aromatic heterocycles. The van der Waals surface area contributed by atoms with Crippen LogP contribution in [0.15, 0.2) is 48.5 Å². The van der Waals surface area contributed by atoms with Crippen LogP contribution < -0.4 is 9.47 Å². The molecule has 8 nitrogen and oxygen atoms in total. The minimum atomic E-state index is -0.990. The molecule has 0 heterocycles. The molecular weight excluding hydrogens is 493 g/mol. The number of carbonyl (C=O) groups excluding carboxylic acids is 1. The zero-order valence-electron chi connectivity index (χ0n) is 22.0. The normalized spacial score (nSPS) is 14.5. The fourth-order valence-corrected chi connectivity index (χ4v) is 4.30. The van der Waals surface area contributed by atoms with Gasteiger partial charge in [-0.2, -0.15) is 0 Å². The van der Waals surface area contributed by atoms with Gasteiger partial charge in [0, 0.05) is 19.6 Å². The Hall–Kier alpha value is -3.33. The van der Waals surface area contributed by atoms with Gasteiger partial charge in [-0.15, -0.1) is 0 Å². The molecule has 1 aliphatic carbocycles. The molecule has 9 heteroatoms. The van der Waals surface area contributed by atoms with E-state index in [0.717, 1.165) is 31.2 Å². The number of nitrogens with zero attached hydrogens (tertiary/aromatic N) is 1. The highest BCUT2D eigenvalue weighted by molar-refractivity contribution is 5.72. The molecular formula is C29H38FNO7. The number of carbonyl (C=O) groups is 2. The summed E-state index contributed by atoms with van der Waals surface area (Å²) in [5.41, 5.74) is 0.831. The third kappa shape index (κ3) is 10.2. The summed E-state index contributed by atoms with van der Waals surface area (Å²) in [5, 5.41) is 9.27. The smallest absolute Gasteiger partial charge is 0.410 e. The highest BCUT2D eigenvalue weighted by atomic mass is 19.1. The molecule has 0 spiro atoms. The van der Waals surface area contributed by atoms with Crippen LogP contribution in [0.4, 0.5) is 9.18 Å². The molecule has 1 saturated carbocycles. The molecule has 38 heavy (non-hydrogen) atoms. The van der Waals surface area contributed by atoms with Gasteiger partial charge in [-0.1, -0.05) is 18.6 Å². The van der Waals surface area contributed by atoms with Gasteiger partial charge >= 0.3 is 12.1 Å². The Bertz CT molecular complexity index is 977. The third-order valence-electron chi connectivity index (χ3n) is 6.35. The van der Waals surface area contributed by atoms with Gasteiger partial charge in [-0.3, -0.25) is 0 Å². The van der Waals surface area contributed by atoms with E-state index in [1.165, 1.54) is 18.6 Å². The van der Waals surface area contributed by atoms with Gasteiger partial charge in [0.1, 0.15) is 30.0 Å². The van der Waals surface area contributed by atoms with Crippen molar-refractivity contribution in [3.63, 3.8) is 0 Å². The van der Waals surface area contributed by atoms with Gasteiger partial charge in [-0.05, 0) is 81.0 Å². The minimum Gasteiger partial charge on any atom is -0.494 e. The molecule has 208 valence electrons. The van der Waals surface area contributed by atoms with E-state index in [2.05, 4.69) is 0 Å². The van der Waals surface area contributed by atoms with Crippen molar-refractivity contribution in [3.05, 3.63) is 59.9 Å². The lowest BCUT2D eigenvalue weighted by Gasteiger charge is -2.27. The van der Waals surface area contributed by atoms with Gasteiger partial charge in [-0.25, -0.2) is 14.0 Å². The second kappa shape index (κ2) is 15.8. The molecule has 1 N–H and O–H groups in total. The third-order valence-corrected chi connectivity index (χ3v) is 6.35. The summed E-state index contributed by atoms with van der Waals surface area (Å²) in [6.45, 7) is 3.52. The van der Waals surface area contributed by atoms with E-state index in [9.17, 15) is 19.1 Å². The van der Waals surface area contributed by atoms with Crippen LogP contribution in [0.5, 0.6) is 11.5 Å². The van der Waals surface area contributed by atoms with Crippen molar-refractivity contribution in [1.82, 2.24) is 4.90 Å². The molecule has 0 saturated heterocycles. The van der Waals surface area contributed by atoms with Crippen molar-refractivity contribution in [2.45, 2.75) is 64.1 Å². The Morgan fingerprint density at radius 1 is 0.947 bits per heavy atom. The van der Waals surface area contributed by atoms with Crippen molar-refractivity contribution in [3.8, 4) is 11.5 Å². The van der Waals surface area contributed by atoms with Crippen molar-refractivity contribution in [2.24, 2.45) is 0 Å². The number of hydrogen-bond donors (Lipinski definition) is 1. The number of benzene rings is 2. The number of rotatable bonds is 15. The largest absolute Gasteiger partial charge is 0.494 e. The summed E-state index contributed by atoms with van der Waals surface area (Å²) in [7, 11) is 0. The van der Waals surface area contributed by atoms with Crippen LogP contribution >= 0.6 is 0 Å². The van der Waals surface area contributed by atoms with E-state index in [4.69, 9.17) is 18.9 Å². The standard InChI is InChI=1S/C29H38FNO7/c1-2-35-27(28(32)33)21-22-9-13-24(14-10-22)37-20-18-31(29(34)38-26-7-4-3-5-8-26)17-6-19-36-25-15-11-23(30)12-16-25/h9-16,26-27H,2-8,17-21H2,1H3,(H,32,33). The van der Waals surface area contributed by atoms with E-state index in [1.54, 1.807) is 36.1 Å². The number of hydrogen-bond acceptors (Lipinski definition) is 6. The molecule has 2 aromatic rings. The van der Waals surface area contributed by atoms with Crippen LogP contribution in [0.25, 0.3) is 0 Å².